The van der Waals surface area contributed by atoms with Gasteiger partial charge in [0.1, 0.15) is 0 Å². The maximum atomic E-state index is 6.44. The van der Waals surface area contributed by atoms with E-state index in [-0.39, 0.29) is 5.54 Å². The Morgan fingerprint density at radius 1 is 1.41 bits per heavy atom. The van der Waals surface area contributed by atoms with Gasteiger partial charge in [0.25, 0.3) is 0 Å². The summed E-state index contributed by atoms with van der Waals surface area (Å²) in [7, 11) is 0. The van der Waals surface area contributed by atoms with Gasteiger partial charge in [-0.1, -0.05) is 23.7 Å². The van der Waals surface area contributed by atoms with Crippen LogP contribution in [0.3, 0.4) is 0 Å². The normalized spacial score (nSPS) is 21.1. The van der Waals surface area contributed by atoms with E-state index in [1.54, 1.807) is 0 Å². The lowest BCUT2D eigenvalue weighted by Gasteiger charge is -2.32. The fourth-order valence-electron chi connectivity index (χ4n) is 2.51. The summed E-state index contributed by atoms with van der Waals surface area (Å²) in [6.45, 7) is 3.83. The van der Waals surface area contributed by atoms with Crippen LogP contribution >= 0.6 is 11.6 Å². The van der Waals surface area contributed by atoms with E-state index in [4.69, 9.17) is 22.1 Å². The molecule has 94 valence electrons. The zero-order valence-corrected chi connectivity index (χ0v) is 11.0. The van der Waals surface area contributed by atoms with Crippen molar-refractivity contribution in [2.45, 2.75) is 31.7 Å². The Morgan fingerprint density at radius 3 is 2.76 bits per heavy atom. The molecular weight excluding hydrogens is 234 g/mol. The molecule has 2 N–H and O–H groups in total. The molecule has 1 heterocycles. The van der Waals surface area contributed by atoms with E-state index in [9.17, 15) is 0 Å². The fraction of sp³-hybridized carbons (Fsp3) is 0.571. The van der Waals surface area contributed by atoms with Gasteiger partial charge in [0, 0.05) is 23.8 Å². The second-order valence-corrected chi connectivity index (χ2v) is 5.62. The maximum absolute atomic E-state index is 6.44. The quantitative estimate of drug-likeness (QED) is 0.897. The number of rotatable bonds is 3. The average Bonchev–Trinajstić information content (AvgIpc) is 2.30. The molecule has 0 radical (unpaired) electrons. The van der Waals surface area contributed by atoms with E-state index >= 15 is 0 Å². The van der Waals surface area contributed by atoms with E-state index in [1.807, 2.05) is 18.2 Å². The van der Waals surface area contributed by atoms with Crippen LogP contribution in [0.1, 0.15) is 31.7 Å². The number of halogens is 1. The maximum Gasteiger partial charge on any atom is 0.0468 e. The molecule has 1 fully saturated rings. The number of benzene rings is 1. The second kappa shape index (κ2) is 5.38. The van der Waals surface area contributed by atoms with Crippen molar-refractivity contribution in [2.24, 2.45) is 11.7 Å². The highest BCUT2D eigenvalue weighted by molar-refractivity contribution is 6.30. The van der Waals surface area contributed by atoms with Crippen LogP contribution in [0.15, 0.2) is 24.3 Å². The Morgan fingerprint density at radius 2 is 2.12 bits per heavy atom. The smallest absolute Gasteiger partial charge is 0.0468 e. The Kier molecular flexibility index (Phi) is 4.08. The minimum atomic E-state index is -0.299. The molecule has 2 nitrogen and oxygen atoms in total. The highest BCUT2D eigenvalue weighted by Gasteiger charge is 2.27. The molecule has 3 heteroatoms. The summed E-state index contributed by atoms with van der Waals surface area (Å²) in [5, 5.41) is 0.756. The molecule has 0 spiro atoms. The molecule has 2 rings (SSSR count). The van der Waals surface area contributed by atoms with Crippen LogP contribution in [-0.2, 0) is 10.3 Å². The second-order valence-electron chi connectivity index (χ2n) is 5.19. The Labute approximate surface area is 108 Å². The number of hydrogen-bond donors (Lipinski definition) is 1. The van der Waals surface area contributed by atoms with E-state index in [1.165, 1.54) is 0 Å². The van der Waals surface area contributed by atoms with E-state index in [2.05, 4.69) is 13.0 Å². The van der Waals surface area contributed by atoms with Crippen LogP contribution in [0.25, 0.3) is 0 Å². The number of ether oxygens (including phenoxy) is 1. The van der Waals surface area contributed by atoms with Crippen LogP contribution in [0.2, 0.25) is 5.02 Å². The molecule has 1 unspecified atom stereocenters. The van der Waals surface area contributed by atoms with Gasteiger partial charge in [-0.25, -0.2) is 0 Å². The summed E-state index contributed by atoms with van der Waals surface area (Å²) in [6.07, 6.45) is 3.23. The first-order valence-corrected chi connectivity index (χ1v) is 6.58. The lowest BCUT2D eigenvalue weighted by Crippen LogP contribution is -2.36. The van der Waals surface area contributed by atoms with Crippen molar-refractivity contribution in [2.75, 3.05) is 13.2 Å². The highest BCUT2D eigenvalue weighted by Crippen LogP contribution is 2.31. The topological polar surface area (TPSA) is 35.2 Å². The van der Waals surface area contributed by atoms with Gasteiger partial charge in [0.15, 0.2) is 0 Å². The molecule has 0 aromatic heterocycles. The van der Waals surface area contributed by atoms with Crippen molar-refractivity contribution < 1.29 is 4.74 Å². The van der Waals surface area contributed by atoms with Gasteiger partial charge < -0.3 is 10.5 Å². The summed E-state index contributed by atoms with van der Waals surface area (Å²) in [4.78, 5) is 0. The standard InChI is InChI=1S/C14H20ClNO/c1-14(16,10-11-5-7-17-8-6-11)12-3-2-4-13(15)9-12/h2-4,9,11H,5-8,10,16H2,1H3. The molecule has 0 saturated carbocycles. The molecule has 0 amide bonds. The zero-order chi connectivity index (χ0) is 12.3. The molecular formula is C14H20ClNO. The fourth-order valence-corrected chi connectivity index (χ4v) is 2.70. The van der Waals surface area contributed by atoms with Crippen molar-refractivity contribution in [1.82, 2.24) is 0 Å². The van der Waals surface area contributed by atoms with E-state index in [0.717, 1.165) is 43.1 Å². The molecule has 1 aliphatic heterocycles. The minimum absolute atomic E-state index is 0.299. The molecule has 0 aliphatic carbocycles. The summed E-state index contributed by atoms with van der Waals surface area (Å²) >= 11 is 6.02. The zero-order valence-electron chi connectivity index (χ0n) is 10.3. The van der Waals surface area contributed by atoms with E-state index in [0.29, 0.717) is 5.92 Å². The third-order valence-electron chi connectivity index (χ3n) is 3.54. The third kappa shape index (κ3) is 3.44. The van der Waals surface area contributed by atoms with Crippen molar-refractivity contribution in [3.63, 3.8) is 0 Å². The van der Waals surface area contributed by atoms with E-state index < -0.39 is 0 Å². The highest BCUT2D eigenvalue weighted by atomic mass is 35.5. The van der Waals surface area contributed by atoms with Gasteiger partial charge in [-0.2, -0.15) is 0 Å². The summed E-state index contributed by atoms with van der Waals surface area (Å²) in [6, 6.07) is 7.88. The molecule has 1 aliphatic rings. The van der Waals surface area contributed by atoms with Crippen molar-refractivity contribution in [1.29, 1.82) is 0 Å². The summed E-state index contributed by atoms with van der Waals surface area (Å²) < 4.78 is 5.38. The molecule has 1 aromatic rings. The molecule has 1 saturated heterocycles. The lowest BCUT2D eigenvalue weighted by atomic mass is 9.81. The van der Waals surface area contributed by atoms with Gasteiger partial charge >= 0.3 is 0 Å². The van der Waals surface area contributed by atoms with Gasteiger partial charge in [-0.3, -0.25) is 0 Å². The van der Waals surface area contributed by atoms with Crippen LogP contribution < -0.4 is 5.73 Å². The Bertz CT molecular complexity index is 372. The minimum Gasteiger partial charge on any atom is -0.381 e. The van der Waals surface area contributed by atoms with Gasteiger partial charge in [-0.15, -0.1) is 0 Å². The Hall–Kier alpha value is -0.570. The average molecular weight is 254 g/mol. The molecule has 17 heavy (non-hydrogen) atoms. The van der Waals surface area contributed by atoms with Gasteiger partial charge in [0.2, 0.25) is 0 Å². The predicted octanol–water partition coefficient (Wildman–Crippen LogP) is 3.33. The molecule has 1 aromatic carbocycles. The third-order valence-corrected chi connectivity index (χ3v) is 3.77. The van der Waals surface area contributed by atoms with Gasteiger partial charge in [0.05, 0.1) is 0 Å². The first kappa shape index (κ1) is 12.9. The van der Waals surface area contributed by atoms with Gasteiger partial charge in [-0.05, 0) is 49.8 Å². The molecule has 0 bridgehead atoms. The first-order valence-electron chi connectivity index (χ1n) is 6.20. The molecule has 1 atom stereocenters. The SMILES string of the molecule is CC(N)(CC1CCOCC1)c1cccc(Cl)c1. The van der Waals surface area contributed by atoms with Crippen molar-refractivity contribution >= 4 is 11.6 Å². The number of hydrogen-bond acceptors (Lipinski definition) is 2. The van der Waals surface area contributed by atoms with Crippen molar-refractivity contribution in [3.05, 3.63) is 34.9 Å². The largest absolute Gasteiger partial charge is 0.381 e. The van der Waals surface area contributed by atoms with Crippen LogP contribution in [-0.4, -0.2) is 13.2 Å². The number of nitrogens with two attached hydrogens (primary N) is 1. The summed E-state index contributed by atoms with van der Waals surface area (Å²) in [5.74, 6) is 0.665. The van der Waals surface area contributed by atoms with Crippen LogP contribution in [0.5, 0.6) is 0 Å². The monoisotopic (exact) mass is 253 g/mol. The Balaban J connectivity index is 2.06. The summed E-state index contributed by atoms with van der Waals surface area (Å²) in [5.41, 5.74) is 7.26. The van der Waals surface area contributed by atoms with Crippen LogP contribution in [0.4, 0.5) is 0 Å². The first-order chi connectivity index (χ1) is 8.08. The lowest BCUT2D eigenvalue weighted by molar-refractivity contribution is 0.0570. The van der Waals surface area contributed by atoms with Crippen LogP contribution in [0, 0.1) is 5.92 Å². The predicted molar refractivity (Wildman–Crippen MR) is 71.2 cm³/mol. The van der Waals surface area contributed by atoms with Crippen molar-refractivity contribution in [3.8, 4) is 0 Å².